The van der Waals surface area contributed by atoms with Gasteiger partial charge in [-0.2, -0.15) is 0 Å². The smallest absolute Gasteiger partial charge is 0.343 e. The number of hydrogen-bond donors (Lipinski definition) is 2. The molecule has 0 saturated carbocycles. The van der Waals surface area contributed by atoms with Crippen LogP contribution in [0.5, 0.6) is 17.2 Å². The number of esters is 1. The molecule has 150 valence electrons. The zero-order valence-electron chi connectivity index (χ0n) is 16.0. The van der Waals surface area contributed by atoms with Gasteiger partial charge in [-0.15, -0.1) is 0 Å². The fourth-order valence-electron chi connectivity index (χ4n) is 2.68. The maximum absolute atomic E-state index is 12.2. The largest absolute Gasteiger partial charge is 0.507 e. The van der Waals surface area contributed by atoms with Gasteiger partial charge in [0.15, 0.2) is 0 Å². The van der Waals surface area contributed by atoms with Gasteiger partial charge < -0.3 is 19.7 Å². The molecule has 0 bridgehead atoms. The van der Waals surface area contributed by atoms with Crippen LogP contribution in [0.1, 0.15) is 66.2 Å². The molecular formula is C22H26O6. The van der Waals surface area contributed by atoms with E-state index in [1.807, 2.05) is 0 Å². The first-order chi connectivity index (χ1) is 13.5. The normalized spacial score (nSPS) is 10.5. The Balaban J connectivity index is 1.83. The van der Waals surface area contributed by atoms with Gasteiger partial charge in [-0.25, -0.2) is 9.59 Å². The predicted molar refractivity (Wildman–Crippen MR) is 105 cm³/mol. The molecule has 0 aromatic heterocycles. The van der Waals surface area contributed by atoms with Gasteiger partial charge in [-0.05, 0) is 48.9 Å². The maximum Gasteiger partial charge on any atom is 0.343 e. The molecule has 0 spiro atoms. The number of aromatic carboxylic acids is 1. The molecule has 0 fully saturated rings. The first kappa shape index (κ1) is 21.3. The summed E-state index contributed by atoms with van der Waals surface area (Å²) in [6.45, 7) is 2.84. The molecule has 0 aliphatic rings. The Labute approximate surface area is 164 Å². The lowest BCUT2D eigenvalue weighted by Gasteiger charge is -2.08. The summed E-state index contributed by atoms with van der Waals surface area (Å²) in [5.74, 6) is -1.59. The molecule has 2 aromatic carbocycles. The third kappa shape index (κ3) is 6.61. The van der Waals surface area contributed by atoms with E-state index < -0.39 is 11.9 Å². The summed E-state index contributed by atoms with van der Waals surface area (Å²) < 4.78 is 10.9. The quantitative estimate of drug-likeness (QED) is 0.319. The van der Waals surface area contributed by atoms with Crippen molar-refractivity contribution in [1.82, 2.24) is 0 Å². The number of rotatable bonds is 11. The number of unbranched alkanes of at least 4 members (excludes halogenated alkanes) is 5. The zero-order valence-corrected chi connectivity index (χ0v) is 16.0. The van der Waals surface area contributed by atoms with Crippen LogP contribution in [0.2, 0.25) is 0 Å². The number of carboxylic acids is 1. The molecule has 2 rings (SSSR count). The van der Waals surface area contributed by atoms with Gasteiger partial charge in [0.25, 0.3) is 0 Å². The Kier molecular flexibility index (Phi) is 8.34. The van der Waals surface area contributed by atoms with Gasteiger partial charge in [0.1, 0.15) is 22.8 Å². The van der Waals surface area contributed by atoms with Crippen molar-refractivity contribution in [3.63, 3.8) is 0 Å². The Hall–Kier alpha value is -3.02. The van der Waals surface area contributed by atoms with Crippen molar-refractivity contribution < 1.29 is 29.3 Å². The minimum Gasteiger partial charge on any atom is -0.507 e. The number of carbonyl (C=O) groups excluding carboxylic acids is 1. The summed E-state index contributed by atoms with van der Waals surface area (Å²) in [5.41, 5.74) is -0.0133. The van der Waals surface area contributed by atoms with E-state index >= 15 is 0 Å². The zero-order chi connectivity index (χ0) is 20.4. The second kappa shape index (κ2) is 11.0. The molecule has 0 amide bonds. The third-order valence-corrected chi connectivity index (χ3v) is 4.27. The monoisotopic (exact) mass is 386 g/mol. The van der Waals surface area contributed by atoms with Gasteiger partial charge in [0.05, 0.1) is 12.2 Å². The van der Waals surface area contributed by atoms with Crippen LogP contribution < -0.4 is 9.47 Å². The van der Waals surface area contributed by atoms with Gasteiger partial charge in [-0.3, -0.25) is 0 Å². The highest BCUT2D eigenvalue weighted by Crippen LogP contribution is 2.24. The summed E-state index contributed by atoms with van der Waals surface area (Å²) in [6, 6.07) is 10.2. The van der Waals surface area contributed by atoms with Gasteiger partial charge in [0.2, 0.25) is 0 Å². The minimum atomic E-state index is -1.30. The second-order valence-electron chi connectivity index (χ2n) is 6.51. The molecule has 0 saturated heterocycles. The predicted octanol–water partition coefficient (Wildman–Crippen LogP) is 5.05. The third-order valence-electron chi connectivity index (χ3n) is 4.27. The molecule has 0 radical (unpaired) electrons. The van der Waals surface area contributed by atoms with E-state index in [4.69, 9.17) is 14.6 Å². The van der Waals surface area contributed by atoms with Crippen LogP contribution in [0.15, 0.2) is 42.5 Å². The molecular weight excluding hydrogens is 360 g/mol. The summed E-state index contributed by atoms with van der Waals surface area (Å²) in [7, 11) is 0. The molecule has 0 aliphatic heterocycles. The summed E-state index contributed by atoms with van der Waals surface area (Å²) in [4.78, 5) is 23.2. The number of phenols is 1. The van der Waals surface area contributed by atoms with Crippen molar-refractivity contribution in [1.29, 1.82) is 0 Å². The first-order valence-electron chi connectivity index (χ1n) is 9.52. The van der Waals surface area contributed by atoms with Crippen LogP contribution in [0.3, 0.4) is 0 Å². The minimum absolute atomic E-state index is 0.0450. The number of aromatic hydroxyl groups is 1. The van der Waals surface area contributed by atoms with Crippen molar-refractivity contribution in [2.75, 3.05) is 6.61 Å². The topological polar surface area (TPSA) is 93.1 Å². The Morgan fingerprint density at radius 3 is 2.21 bits per heavy atom. The maximum atomic E-state index is 12.2. The average molecular weight is 386 g/mol. The lowest BCUT2D eigenvalue weighted by molar-refractivity contribution is 0.0684. The highest BCUT2D eigenvalue weighted by atomic mass is 16.5. The first-order valence-corrected chi connectivity index (χ1v) is 9.52. The SMILES string of the molecule is CCCCCCCCOc1ccc(C(=O)Oc2ccc(O)c(C(=O)O)c2)cc1. The van der Waals surface area contributed by atoms with Crippen molar-refractivity contribution in [2.45, 2.75) is 45.4 Å². The van der Waals surface area contributed by atoms with Gasteiger partial charge in [0, 0.05) is 0 Å². The summed E-state index contributed by atoms with van der Waals surface area (Å²) in [6.07, 6.45) is 7.15. The Morgan fingerprint density at radius 2 is 1.54 bits per heavy atom. The molecule has 0 aliphatic carbocycles. The molecule has 28 heavy (non-hydrogen) atoms. The number of hydrogen-bond acceptors (Lipinski definition) is 5. The summed E-state index contributed by atoms with van der Waals surface area (Å²) in [5, 5.41) is 18.5. The van der Waals surface area contributed by atoms with E-state index in [0.717, 1.165) is 18.9 Å². The van der Waals surface area contributed by atoms with Gasteiger partial charge >= 0.3 is 11.9 Å². The number of carbonyl (C=O) groups is 2. The Morgan fingerprint density at radius 1 is 0.893 bits per heavy atom. The van der Waals surface area contributed by atoms with Crippen molar-refractivity contribution in [3.8, 4) is 17.2 Å². The molecule has 0 atom stereocenters. The number of benzene rings is 2. The van der Waals surface area contributed by atoms with Crippen LogP contribution in [0, 0.1) is 0 Å². The van der Waals surface area contributed by atoms with Crippen LogP contribution >= 0.6 is 0 Å². The van der Waals surface area contributed by atoms with Crippen LogP contribution in [-0.4, -0.2) is 28.8 Å². The number of carboxylic acid groups (broad SMARTS) is 1. The van der Waals surface area contributed by atoms with Gasteiger partial charge in [-0.1, -0.05) is 39.0 Å². The fourth-order valence-corrected chi connectivity index (χ4v) is 2.68. The van der Waals surface area contributed by atoms with E-state index in [0.29, 0.717) is 17.9 Å². The molecule has 6 heteroatoms. The molecule has 6 nitrogen and oxygen atoms in total. The lowest BCUT2D eigenvalue weighted by atomic mass is 10.1. The van der Waals surface area contributed by atoms with Crippen molar-refractivity contribution in [2.24, 2.45) is 0 Å². The highest BCUT2D eigenvalue weighted by molar-refractivity contribution is 5.93. The highest BCUT2D eigenvalue weighted by Gasteiger charge is 2.14. The van der Waals surface area contributed by atoms with E-state index in [1.165, 1.54) is 37.8 Å². The van der Waals surface area contributed by atoms with E-state index in [2.05, 4.69) is 6.92 Å². The lowest BCUT2D eigenvalue weighted by Crippen LogP contribution is -2.09. The van der Waals surface area contributed by atoms with E-state index in [1.54, 1.807) is 24.3 Å². The van der Waals surface area contributed by atoms with Crippen molar-refractivity contribution in [3.05, 3.63) is 53.6 Å². The summed E-state index contributed by atoms with van der Waals surface area (Å²) >= 11 is 0. The number of ether oxygens (including phenoxy) is 2. The van der Waals surface area contributed by atoms with Crippen LogP contribution in [-0.2, 0) is 0 Å². The van der Waals surface area contributed by atoms with E-state index in [-0.39, 0.29) is 17.1 Å². The average Bonchev–Trinajstić information content (AvgIpc) is 2.69. The molecule has 0 unspecified atom stereocenters. The fraction of sp³-hybridized carbons (Fsp3) is 0.364. The van der Waals surface area contributed by atoms with Crippen LogP contribution in [0.4, 0.5) is 0 Å². The molecule has 2 aromatic rings. The molecule has 2 N–H and O–H groups in total. The standard InChI is InChI=1S/C22H26O6/c1-2-3-4-5-6-7-14-27-17-10-8-16(9-11-17)22(26)28-18-12-13-20(23)19(15-18)21(24)25/h8-13,15,23H,2-7,14H2,1H3,(H,24,25). The Bertz CT molecular complexity index is 782. The molecule has 0 heterocycles. The second-order valence-corrected chi connectivity index (χ2v) is 6.51. The van der Waals surface area contributed by atoms with Crippen LogP contribution in [0.25, 0.3) is 0 Å². The van der Waals surface area contributed by atoms with E-state index in [9.17, 15) is 14.7 Å². The van der Waals surface area contributed by atoms with Crippen molar-refractivity contribution >= 4 is 11.9 Å².